The van der Waals surface area contributed by atoms with Crippen molar-refractivity contribution in [1.29, 1.82) is 0 Å². The number of aromatic nitrogens is 1. The highest BCUT2D eigenvalue weighted by molar-refractivity contribution is 7.89. The predicted octanol–water partition coefficient (Wildman–Crippen LogP) is -1.24. The van der Waals surface area contributed by atoms with Crippen LogP contribution in [0.3, 0.4) is 0 Å². The summed E-state index contributed by atoms with van der Waals surface area (Å²) < 4.78 is 26.8. The van der Waals surface area contributed by atoms with Gasteiger partial charge in [-0.05, 0) is 35.4 Å². The van der Waals surface area contributed by atoms with Gasteiger partial charge in [-0.25, -0.2) is 0 Å². The van der Waals surface area contributed by atoms with Crippen LogP contribution in [-0.4, -0.2) is 24.9 Å². The number of nitrogens with zero attached hydrogens (tertiary/aromatic N) is 2. The summed E-state index contributed by atoms with van der Waals surface area (Å²) in [5.41, 5.74) is 0.524. The van der Waals surface area contributed by atoms with E-state index in [-0.39, 0.29) is 20.8 Å². The Bertz CT molecular complexity index is 1220. The van der Waals surface area contributed by atoms with E-state index in [0.29, 0.717) is 10.2 Å². The Kier molecular flexibility index (Phi) is 4.72. The van der Waals surface area contributed by atoms with Gasteiger partial charge in [-0.2, -0.15) is 13.2 Å². The zero-order chi connectivity index (χ0) is 19.8. The molecule has 0 atom stereocenters. The third kappa shape index (κ3) is 3.68. The van der Waals surface area contributed by atoms with Crippen molar-refractivity contribution in [3.63, 3.8) is 0 Å². The molecule has 0 fully saturated rings. The SMILES string of the molecule is Cn1/c(=N\NS(=O)(=O)c2ccc(C(=O)[O-])cc2)sc2cc(C(=O)[O-])ccc21. The molecule has 3 aromatic rings. The minimum absolute atomic E-state index is 0.00416. The third-order valence-electron chi connectivity index (χ3n) is 3.71. The van der Waals surface area contributed by atoms with Crippen molar-refractivity contribution in [3.8, 4) is 0 Å². The number of sulfonamides is 1. The molecule has 0 unspecified atom stereocenters. The smallest absolute Gasteiger partial charge is 0.276 e. The van der Waals surface area contributed by atoms with Gasteiger partial charge in [-0.1, -0.05) is 29.5 Å². The molecular weight excluding hydrogens is 394 g/mol. The fourth-order valence-electron chi connectivity index (χ4n) is 2.29. The molecule has 0 bridgehead atoms. The van der Waals surface area contributed by atoms with Crippen molar-refractivity contribution in [2.75, 3.05) is 0 Å². The number of carbonyl (C=O) groups is 2. The van der Waals surface area contributed by atoms with E-state index in [4.69, 9.17) is 0 Å². The van der Waals surface area contributed by atoms with Gasteiger partial charge in [-0.15, -0.1) is 5.10 Å². The van der Waals surface area contributed by atoms with Crippen molar-refractivity contribution in [3.05, 3.63) is 58.4 Å². The first-order chi connectivity index (χ1) is 12.7. The van der Waals surface area contributed by atoms with Gasteiger partial charge in [0, 0.05) is 7.05 Å². The number of carboxylic acid groups (broad SMARTS) is 2. The first-order valence-electron chi connectivity index (χ1n) is 7.37. The van der Waals surface area contributed by atoms with Gasteiger partial charge in [0.2, 0.25) is 4.80 Å². The van der Waals surface area contributed by atoms with Crippen LogP contribution >= 0.6 is 11.3 Å². The lowest BCUT2D eigenvalue weighted by atomic mass is 10.2. The fourth-order valence-corrected chi connectivity index (χ4v) is 4.17. The Balaban J connectivity index is 1.95. The van der Waals surface area contributed by atoms with Gasteiger partial charge in [-0.3, -0.25) is 0 Å². The topological polar surface area (TPSA) is 144 Å². The predicted molar refractivity (Wildman–Crippen MR) is 91.8 cm³/mol. The molecule has 0 saturated carbocycles. The second-order valence-electron chi connectivity index (χ2n) is 5.43. The molecule has 0 radical (unpaired) electrons. The van der Waals surface area contributed by atoms with Gasteiger partial charge >= 0.3 is 0 Å². The first kappa shape index (κ1) is 18.6. The van der Waals surface area contributed by atoms with E-state index in [1.807, 2.05) is 0 Å². The molecule has 0 aliphatic heterocycles. The largest absolute Gasteiger partial charge is 0.545 e. The maximum atomic E-state index is 12.3. The first-order valence-corrected chi connectivity index (χ1v) is 9.67. The second kappa shape index (κ2) is 6.85. The maximum absolute atomic E-state index is 12.3. The van der Waals surface area contributed by atoms with Gasteiger partial charge in [0.15, 0.2) is 0 Å². The van der Waals surface area contributed by atoms with Gasteiger partial charge in [0.25, 0.3) is 10.0 Å². The summed E-state index contributed by atoms with van der Waals surface area (Å²) in [4.78, 5) is 23.9. The third-order valence-corrected chi connectivity index (χ3v) is 6.03. The zero-order valence-electron chi connectivity index (χ0n) is 13.7. The van der Waals surface area contributed by atoms with E-state index in [0.717, 1.165) is 35.6 Å². The summed E-state index contributed by atoms with van der Waals surface area (Å²) in [7, 11) is -2.37. The molecule has 3 rings (SSSR count). The van der Waals surface area contributed by atoms with Crippen LogP contribution in [0, 0.1) is 0 Å². The number of fused-ring (bicyclic) bond motifs is 1. The molecule has 1 aromatic heterocycles. The van der Waals surface area contributed by atoms with Crippen LogP contribution in [0.2, 0.25) is 0 Å². The Hall–Kier alpha value is -3.18. The van der Waals surface area contributed by atoms with E-state index < -0.39 is 22.0 Å². The Morgan fingerprint density at radius 1 is 1.04 bits per heavy atom. The number of nitrogens with one attached hydrogen (secondary N) is 1. The molecule has 0 aliphatic carbocycles. The monoisotopic (exact) mass is 405 g/mol. The number of aryl methyl sites for hydroxylation is 1. The standard InChI is InChI=1S/C16H13N3O6S2/c1-19-12-7-4-10(15(22)23)8-13(12)26-16(19)17-18-27(24,25)11-5-2-9(3-6-11)14(20)21/h2-8,18H,1H3,(H,20,21)(H,22,23)/p-2/b17-16+. The summed E-state index contributed by atoms with van der Waals surface area (Å²) in [6.07, 6.45) is 0. The fraction of sp³-hybridized carbons (Fsp3) is 0.0625. The number of hydrogen-bond acceptors (Lipinski definition) is 8. The van der Waals surface area contributed by atoms with Crippen LogP contribution in [-0.2, 0) is 17.1 Å². The van der Waals surface area contributed by atoms with Crippen LogP contribution in [0.25, 0.3) is 10.2 Å². The molecule has 1 N–H and O–H groups in total. The molecule has 0 aliphatic rings. The Labute approximate surface area is 156 Å². The van der Waals surface area contributed by atoms with Gasteiger partial charge < -0.3 is 24.4 Å². The summed E-state index contributed by atoms with van der Waals surface area (Å²) in [5.74, 6) is -2.73. The zero-order valence-corrected chi connectivity index (χ0v) is 15.3. The van der Waals surface area contributed by atoms with Crippen LogP contribution in [0.1, 0.15) is 20.7 Å². The highest BCUT2D eigenvalue weighted by Crippen LogP contribution is 2.18. The average molecular weight is 405 g/mol. The van der Waals surface area contributed by atoms with E-state index >= 15 is 0 Å². The maximum Gasteiger partial charge on any atom is 0.276 e. The highest BCUT2D eigenvalue weighted by atomic mass is 32.2. The van der Waals surface area contributed by atoms with Crippen molar-refractivity contribution < 1.29 is 28.2 Å². The number of aromatic carboxylic acids is 2. The lowest BCUT2D eigenvalue weighted by Gasteiger charge is -2.05. The number of benzene rings is 2. The summed E-state index contributed by atoms with van der Waals surface area (Å²) in [6, 6.07) is 8.86. The molecule has 9 nitrogen and oxygen atoms in total. The molecule has 140 valence electrons. The van der Waals surface area contributed by atoms with Crippen molar-refractivity contribution in [1.82, 2.24) is 9.40 Å². The molecule has 0 saturated heterocycles. The van der Waals surface area contributed by atoms with E-state index in [1.54, 1.807) is 17.7 Å². The lowest BCUT2D eigenvalue weighted by molar-refractivity contribution is -0.256. The quantitative estimate of drug-likeness (QED) is 0.526. The molecule has 11 heteroatoms. The number of rotatable bonds is 5. The minimum atomic E-state index is -4.02. The average Bonchev–Trinajstić information content (AvgIpc) is 2.95. The number of hydrogen-bond donors (Lipinski definition) is 1. The van der Waals surface area contributed by atoms with Crippen LogP contribution in [0.15, 0.2) is 52.5 Å². The highest BCUT2D eigenvalue weighted by Gasteiger charge is 2.13. The van der Waals surface area contributed by atoms with Crippen LogP contribution in [0.5, 0.6) is 0 Å². The Morgan fingerprint density at radius 2 is 1.63 bits per heavy atom. The summed E-state index contributed by atoms with van der Waals surface area (Å²) in [5, 5.41) is 25.5. The minimum Gasteiger partial charge on any atom is -0.545 e. The van der Waals surface area contributed by atoms with Gasteiger partial charge in [0.05, 0.1) is 27.1 Å². The molecule has 1 heterocycles. The van der Waals surface area contributed by atoms with Crippen molar-refractivity contribution in [2.24, 2.45) is 12.1 Å². The second-order valence-corrected chi connectivity index (χ2v) is 8.10. The summed E-state index contributed by atoms with van der Waals surface area (Å²) >= 11 is 1.09. The Morgan fingerprint density at radius 3 is 2.22 bits per heavy atom. The van der Waals surface area contributed by atoms with E-state index in [2.05, 4.69) is 9.93 Å². The van der Waals surface area contributed by atoms with E-state index in [1.165, 1.54) is 12.1 Å². The van der Waals surface area contributed by atoms with Crippen LogP contribution in [0.4, 0.5) is 0 Å². The molecular formula is C16H11N3O6S2-2. The molecule has 2 aromatic carbocycles. The number of carboxylic acids is 2. The van der Waals surface area contributed by atoms with Crippen molar-refractivity contribution >= 4 is 43.5 Å². The molecule has 0 spiro atoms. The lowest BCUT2D eigenvalue weighted by Crippen LogP contribution is -2.24. The van der Waals surface area contributed by atoms with E-state index in [9.17, 15) is 28.2 Å². The van der Waals surface area contributed by atoms with Crippen LogP contribution < -0.4 is 19.8 Å². The summed E-state index contributed by atoms with van der Waals surface area (Å²) in [6.45, 7) is 0. The molecule has 0 amide bonds. The van der Waals surface area contributed by atoms with Gasteiger partial charge in [0.1, 0.15) is 0 Å². The van der Waals surface area contributed by atoms with Crippen molar-refractivity contribution in [2.45, 2.75) is 4.90 Å². The number of carbonyl (C=O) groups excluding carboxylic acids is 2. The normalized spacial score (nSPS) is 12.3. The number of thiazole rings is 1. The molecule has 27 heavy (non-hydrogen) atoms.